The van der Waals surface area contributed by atoms with Gasteiger partial charge in [0.05, 0.1) is 22.9 Å². The van der Waals surface area contributed by atoms with Crippen molar-refractivity contribution in [3.8, 4) is 0 Å². The van der Waals surface area contributed by atoms with Gasteiger partial charge in [-0.25, -0.2) is 0 Å². The highest BCUT2D eigenvalue weighted by Gasteiger charge is 2.22. The number of H-pyrrole nitrogens is 1. The molecule has 0 saturated heterocycles. The Balaban J connectivity index is 1.59. The molecule has 0 bridgehead atoms. The number of benzene rings is 1. The first-order valence-electron chi connectivity index (χ1n) is 9.41. The van der Waals surface area contributed by atoms with Gasteiger partial charge in [0.15, 0.2) is 0 Å². The van der Waals surface area contributed by atoms with Gasteiger partial charge < -0.3 is 15.4 Å². The lowest BCUT2D eigenvalue weighted by atomic mass is 10.1. The molecular formula is C20H25N3O2S. The Bertz CT molecular complexity index is 852. The summed E-state index contributed by atoms with van der Waals surface area (Å²) in [6, 6.07) is 7.28. The normalized spacial score (nSPS) is 20.7. The molecular weight excluding hydrogens is 346 g/mol. The highest BCUT2D eigenvalue weighted by atomic mass is 32.2. The molecule has 0 spiro atoms. The largest absolute Gasteiger partial charge is 0.481 e. The fourth-order valence-electron chi connectivity index (χ4n) is 3.91. The van der Waals surface area contributed by atoms with Gasteiger partial charge in [0.1, 0.15) is 5.04 Å². The summed E-state index contributed by atoms with van der Waals surface area (Å²) in [7, 11) is 0. The first-order valence-corrected chi connectivity index (χ1v) is 10.4. The fourth-order valence-corrected chi connectivity index (χ4v) is 4.99. The predicted octanol–water partition coefficient (Wildman–Crippen LogP) is 4.56. The second kappa shape index (κ2) is 7.35. The maximum Gasteiger partial charge on any atom is 0.303 e. The minimum atomic E-state index is -0.748. The lowest BCUT2D eigenvalue weighted by Gasteiger charge is -2.15. The molecule has 6 heteroatoms. The molecule has 1 aromatic carbocycles. The topological polar surface area (TPSA) is 77.5 Å². The number of thioether (sulfide) groups is 1. The molecule has 0 amide bonds. The summed E-state index contributed by atoms with van der Waals surface area (Å²) < 4.78 is 0. The summed E-state index contributed by atoms with van der Waals surface area (Å²) in [6.07, 6.45) is 5.91. The summed E-state index contributed by atoms with van der Waals surface area (Å²) in [5, 5.41) is 14.8. The van der Waals surface area contributed by atoms with Gasteiger partial charge in [-0.05, 0) is 49.9 Å². The van der Waals surface area contributed by atoms with Crippen molar-refractivity contribution < 1.29 is 9.90 Å². The number of aromatic amines is 1. The van der Waals surface area contributed by atoms with Crippen LogP contribution in [0, 0.1) is 6.92 Å². The van der Waals surface area contributed by atoms with Crippen LogP contribution in [0.2, 0.25) is 0 Å². The van der Waals surface area contributed by atoms with Gasteiger partial charge >= 0.3 is 5.97 Å². The van der Waals surface area contributed by atoms with E-state index in [1.165, 1.54) is 42.3 Å². The van der Waals surface area contributed by atoms with Crippen LogP contribution in [0.4, 0.5) is 5.69 Å². The monoisotopic (exact) mass is 371 g/mol. The van der Waals surface area contributed by atoms with Gasteiger partial charge in [-0.1, -0.05) is 12.8 Å². The molecule has 1 aromatic heterocycles. The van der Waals surface area contributed by atoms with Gasteiger partial charge in [-0.2, -0.15) is 0 Å². The number of aliphatic carboxylic acids is 1. The van der Waals surface area contributed by atoms with Crippen molar-refractivity contribution in [3.05, 3.63) is 29.5 Å². The number of carboxylic acids is 1. The quantitative estimate of drug-likeness (QED) is 0.696. The number of aromatic nitrogens is 1. The van der Waals surface area contributed by atoms with Crippen LogP contribution < -0.4 is 5.32 Å². The SMILES string of the molecule is Cc1cc(NC2CCCC2)c2[nH]c(C3=NC(CCC(=O)O)CS3)cc2c1. The van der Waals surface area contributed by atoms with Crippen LogP contribution in [0.25, 0.3) is 10.9 Å². The first-order chi connectivity index (χ1) is 12.6. The lowest BCUT2D eigenvalue weighted by Crippen LogP contribution is -2.14. The summed E-state index contributed by atoms with van der Waals surface area (Å²) >= 11 is 1.72. The van der Waals surface area contributed by atoms with E-state index in [0.717, 1.165) is 22.0 Å². The van der Waals surface area contributed by atoms with Crippen molar-refractivity contribution in [3.63, 3.8) is 0 Å². The molecule has 2 aromatic rings. The third-order valence-corrected chi connectivity index (χ3v) is 6.37. The molecule has 1 aliphatic heterocycles. The summed E-state index contributed by atoms with van der Waals surface area (Å²) in [6.45, 7) is 2.13. The Hall–Kier alpha value is -1.95. The maximum atomic E-state index is 10.8. The summed E-state index contributed by atoms with van der Waals surface area (Å²) in [5.41, 5.74) is 4.63. The van der Waals surface area contributed by atoms with Crippen molar-refractivity contribution in [2.45, 2.75) is 57.5 Å². The van der Waals surface area contributed by atoms with E-state index in [1.54, 1.807) is 11.8 Å². The predicted molar refractivity (Wildman–Crippen MR) is 109 cm³/mol. The molecule has 2 aliphatic rings. The number of hydrogen-bond donors (Lipinski definition) is 3. The number of carboxylic acid groups (broad SMARTS) is 1. The molecule has 0 radical (unpaired) electrons. The molecule has 1 saturated carbocycles. The molecule has 1 aliphatic carbocycles. The second-order valence-electron chi connectivity index (χ2n) is 7.42. The average molecular weight is 372 g/mol. The van der Waals surface area contributed by atoms with Crippen molar-refractivity contribution >= 4 is 39.4 Å². The molecule has 1 fully saturated rings. The van der Waals surface area contributed by atoms with Crippen LogP contribution in [-0.4, -0.2) is 38.9 Å². The van der Waals surface area contributed by atoms with E-state index in [1.807, 2.05) is 0 Å². The Kier molecular flexibility index (Phi) is 4.94. The molecule has 138 valence electrons. The average Bonchev–Trinajstić information content (AvgIpc) is 3.32. The second-order valence-corrected chi connectivity index (χ2v) is 8.43. The van der Waals surface area contributed by atoms with Gasteiger partial charge in [0, 0.05) is 23.6 Å². The van der Waals surface area contributed by atoms with Gasteiger partial charge in [-0.3, -0.25) is 9.79 Å². The Labute approximate surface area is 157 Å². The van der Waals surface area contributed by atoms with Gasteiger partial charge in [0.25, 0.3) is 0 Å². The number of hydrogen-bond acceptors (Lipinski definition) is 4. The van der Waals surface area contributed by atoms with E-state index in [0.29, 0.717) is 12.5 Å². The van der Waals surface area contributed by atoms with E-state index in [2.05, 4.69) is 35.4 Å². The molecule has 26 heavy (non-hydrogen) atoms. The number of aryl methyl sites for hydroxylation is 1. The van der Waals surface area contributed by atoms with Crippen LogP contribution in [0.3, 0.4) is 0 Å². The van der Waals surface area contributed by atoms with Gasteiger partial charge in [-0.15, -0.1) is 11.8 Å². The zero-order valence-electron chi connectivity index (χ0n) is 15.0. The third kappa shape index (κ3) is 3.75. The molecule has 5 nitrogen and oxygen atoms in total. The number of aliphatic imine (C=N–C) groups is 1. The van der Waals surface area contributed by atoms with E-state index in [-0.39, 0.29) is 12.5 Å². The smallest absolute Gasteiger partial charge is 0.303 e. The fraction of sp³-hybridized carbons (Fsp3) is 0.500. The third-order valence-electron chi connectivity index (χ3n) is 5.22. The highest BCUT2D eigenvalue weighted by molar-refractivity contribution is 8.14. The molecule has 2 heterocycles. The molecule has 1 atom stereocenters. The number of anilines is 1. The van der Waals surface area contributed by atoms with Crippen LogP contribution in [0.5, 0.6) is 0 Å². The highest BCUT2D eigenvalue weighted by Crippen LogP contribution is 2.32. The van der Waals surface area contributed by atoms with E-state index in [4.69, 9.17) is 10.1 Å². The van der Waals surface area contributed by atoms with Crippen molar-refractivity contribution in [2.24, 2.45) is 4.99 Å². The van der Waals surface area contributed by atoms with Crippen LogP contribution in [0.15, 0.2) is 23.2 Å². The Morgan fingerprint density at radius 3 is 2.92 bits per heavy atom. The summed E-state index contributed by atoms with van der Waals surface area (Å²) in [4.78, 5) is 19.1. The Morgan fingerprint density at radius 2 is 2.15 bits per heavy atom. The van der Waals surface area contributed by atoms with Gasteiger partial charge in [0.2, 0.25) is 0 Å². The number of carbonyl (C=O) groups is 1. The zero-order valence-corrected chi connectivity index (χ0v) is 15.9. The van der Waals surface area contributed by atoms with Crippen LogP contribution >= 0.6 is 11.8 Å². The molecule has 1 unspecified atom stereocenters. The number of rotatable bonds is 6. The molecule has 4 rings (SSSR count). The van der Waals surface area contributed by atoms with Crippen LogP contribution in [-0.2, 0) is 4.79 Å². The lowest BCUT2D eigenvalue weighted by molar-refractivity contribution is -0.137. The van der Waals surface area contributed by atoms with E-state index >= 15 is 0 Å². The van der Waals surface area contributed by atoms with Crippen molar-refractivity contribution in [2.75, 3.05) is 11.1 Å². The first kappa shape index (κ1) is 17.5. The van der Waals surface area contributed by atoms with E-state index < -0.39 is 5.97 Å². The molecule has 3 N–H and O–H groups in total. The Morgan fingerprint density at radius 1 is 1.35 bits per heavy atom. The van der Waals surface area contributed by atoms with Crippen molar-refractivity contribution in [1.29, 1.82) is 0 Å². The van der Waals surface area contributed by atoms with Crippen LogP contribution in [0.1, 0.15) is 49.8 Å². The number of nitrogens with zero attached hydrogens (tertiary/aromatic N) is 1. The summed E-state index contributed by atoms with van der Waals surface area (Å²) in [5.74, 6) is 0.117. The number of nitrogens with one attached hydrogen (secondary N) is 2. The minimum Gasteiger partial charge on any atom is -0.481 e. The standard InChI is InChI=1S/C20H25N3O2S/c1-12-8-13-10-17(20-22-15(11-26-20)6-7-18(24)25)23-19(13)16(9-12)21-14-4-2-3-5-14/h8-10,14-15,21,23H,2-7,11H2,1H3,(H,24,25). The number of fused-ring (bicyclic) bond motifs is 1. The van der Waals surface area contributed by atoms with Crippen molar-refractivity contribution in [1.82, 2.24) is 4.98 Å². The van der Waals surface area contributed by atoms with E-state index in [9.17, 15) is 4.79 Å². The zero-order chi connectivity index (χ0) is 18.1. The minimum absolute atomic E-state index is 0.107. The maximum absolute atomic E-state index is 10.8.